The molecule has 1 aromatic heterocycles. The van der Waals surface area contributed by atoms with Crippen LogP contribution >= 0.6 is 0 Å². The summed E-state index contributed by atoms with van der Waals surface area (Å²) in [5.41, 5.74) is 12.9. The third-order valence-electron chi connectivity index (χ3n) is 11.1. The van der Waals surface area contributed by atoms with Gasteiger partial charge in [-0.3, -0.25) is 4.99 Å². The number of fused-ring (bicyclic) bond motifs is 8. The fourth-order valence-corrected chi connectivity index (χ4v) is 8.51. The third-order valence-corrected chi connectivity index (χ3v) is 11.1. The number of hydrogen-bond donors (Lipinski definition) is 0. The average Bonchev–Trinajstić information content (AvgIpc) is 3.65. The lowest BCUT2D eigenvalue weighted by Gasteiger charge is -2.16. The minimum Gasteiger partial charge on any atom is -0.454 e. The molecule has 9 aromatic carbocycles. The molecule has 0 unspecified atom stereocenters. The Bertz CT molecular complexity index is 3270. The van der Waals surface area contributed by atoms with E-state index in [0.717, 1.165) is 61.0 Å². The van der Waals surface area contributed by atoms with Gasteiger partial charge in [-0.2, -0.15) is 5.26 Å². The second-order valence-electron chi connectivity index (χ2n) is 14.2. The van der Waals surface area contributed by atoms with Crippen molar-refractivity contribution in [2.45, 2.75) is 6.92 Å². The van der Waals surface area contributed by atoms with Crippen LogP contribution in [0, 0.1) is 11.3 Å². The predicted molar refractivity (Wildman–Crippen MR) is 237 cm³/mol. The van der Waals surface area contributed by atoms with Gasteiger partial charge in [-0.15, -0.1) is 0 Å². The van der Waals surface area contributed by atoms with Crippen molar-refractivity contribution in [3.8, 4) is 50.6 Å². The van der Waals surface area contributed by atoms with Gasteiger partial charge < -0.3 is 4.42 Å². The molecule has 0 aliphatic heterocycles. The first-order chi connectivity index (χ1) is 27.6. The predicted octanol–water partition coefficient (Wildman–Crippen LogP) is 15.0. The van der Waals surface area contributed by atoms with E-state index < -0.39 is 0 Å². The van der Waals surface area contributed by atoms with Gasteiger partial charge in [-0.1, -0.05) is 158 Å². The van der Waals surface area contributed by atoms with E-state index in [2.05, 4.69) is 169 Å². The molecule has 0 bridgehead atoms. The van der Waals surface area contributed by atoms with Crippen LogP contribution in [0.4, 0.5) is 5.69 Å². The summed E-state index contributed by atoms with van der Waals surface area (Å²) < 4.78 is 6.38. The molecule has 10 aromatic rings. The maximum Gasteiger partial charge on any atom is 0.153 e. The maximum atomic E-state index is 9.72. The van der Waals surface area contributed by atoms with Gasteiger partial charge in [0.2, 0.25) is 0 Å². The molecule has 1 heterocycles. The summed E-state index contributed by atoms with van der Waals surface area (Å²) in [6.45, 7) is 5.90. The number of rotatable bonds is 6. The fourth-order valence-electron chi connectivity index (χ4n) is 8.51. The molecule has 0 aliphatic carbocycles. The molecule has 0 spiro atoms. The van der Waals surface area contributed by atoms with Crippen LogP contribution in [0.1, 0.15) is 18.1 Å². The van der Waals surface area contributed by atoms with E-state index in [1.807, 2.05) is 25.1 Å². The van der Waals surface area contributed by atoms with Crippen LogP contribution in [0.15, 0.2) is 179 Å². The molecule has 10 rings (SSSR count). The molecule has 0 N–H and O–H groups in total. The van der Waals surface area contributed by atoms with Gasteiger partial charge in [0.05, 0.1) is 11.3 Å². The zero-order valence-corrected chi connectivity index (χ0v) is 30.8. The normalized spacial score (nSPS) is 11.6. The first kappa shape index (κ1) is 33.1. The van der Waals surface area contributed by atoms with Crippen LogP contribution in [0.5, 0.6) is 0 Å². The number of nitrogens with zero attached hydrogens (tertiary/aromatic N) is 2. The number of nitriles is 1. The van der Waals surface area contributed by atoms with Gasteiger partial charge in [-0.25, -0.2) is 0 Å². The van der Waals surface area contributed by atoms with E-state index in [0.29, 0.717) is 11.1 Å². The number of allylic oxidation sites excluding steroid dienone is 1. The molecule has 262 valence electrons. The molecule has 0 aliphatic rings. The van der Waals surface area contributed by atoms with Gasteiger partial charge in [0.15, 0.2) is 5.58 Å². The average molecular weight is 715 g/mol. The largest absolute Gasteiger partial charge is 0.454 e. The molecular formula is C53H34N2O. The number of para-hydroxylation sites is 3. The van der Waals surface area contributed by atoms with Crippen LogP contribution in [0.3, 0.4) is 0 Å². The number of furan rings is 1. The molecule has 3 heteroatoms. The van der Waals surface area contributed by atoms with E-state index in [1.165, 1.54) is 43.4 Å². The molecule has 56 heavy (non-hydrogen) atoms. The highest BCUT2D eigenvalue weighted by Crippen LogP contribution is 2.44. The standard InChI is InChI=1S/C53H34N2O/c1-3-11-37-12-8-18-39(51(37)55-2)33-22-26-35(27-23-33)47-30-49-44-17-7-5-15-42(44)48(31-50(49)43-16-6-4-14-41(43)47)36-28-24-34(25-29-36)40-19-10-21-46-45-20-9-13-38(32-54)52(45)56-53(40)46/h3-31H,2H2,1H3/b11-3-. The van der Waals surface area contributed by atoms with Crippen molar-refractivity contribution in [2.75, 3.05) is 0 Å². The van der Waals surface area contributed by atoms with Crippen LogP contribution in [-0.2, 0) is 0 Å². The van der Waals surface area contributed by atoms with Crippen molar-refractivity contribution in [1.29, 1.82) is 5.26 Å². The zero-order chi connectivity index (χ0) is 37.8. The molecule has 0 saturated carbocycles. The Kier molecular flexibility index (Phi) is 7.91. The Morgan fingerprint density at radius 2 is 0.946 bits per heavy atom. The minimum absolute atomic E-state index is 0.544. The van der Waals surface area contributed by atoms with Crippen molar-refractivity contribution in [2.24, 2.45) is 4.99 Å². The smallest absolute Gasteiger partial charge is 0.153 e. The molecular weight excluding hydrogens is 681 g/mol. The molecule has 0 radical (unpaired) electrons. The summed E-state index contributed by atoms with van der Waals surface area (Å²) in [7, 11) is 0. The lowest BCUT2D eigenvalue weighted by Crippen LogP contribution is -1.89. The van der Waals surface area contributed by atoms with Crippen LogP contribution < -0.4 is 0 Å². The van der Waals surface area contributed by atoms with E-state index in [-0.39, 0.29) is 0 Å². The van der Waals surface area contributed by atoms with E-state index in [1.54, 1.807) is 6.07 Å². The van der Waals surface area contributed by atoms with Gasteiger partial charge in [-0.05, 0) is 97.5 Å². The lowest BCUT2D eigenvalue weighted by atomic mass is 9.87. The van der Waals surface area contributed by atoms with Gasteiger partial charge in [0.25, 0.3) is 0 Å². The highest BCUT2D eigenvalue weighted by atomic mass is 16.3. The Balaban J connectivity index is 1.10. The first-order valence-electron chi connectivity index (χ1n) is 18.8. The SMILES string of the molecule is C=Nc1c(/C=C\C)cccc1-c1ccc(-c2cc3c4ccccc4c(-c4ccc(-c5cccc6c5oc5c(C#N)cccc56)cc4)cc3c3ccccc23)cc1. The quantitative estimate of drug-likeness (QED) is 0.127. The van der Waals surface area contributed by atoms with E-state index >= 15 is 0 Å². The Morgan fingerprint density at radius 3 is 1.50 bits per heavy atom. The molecule has 0 fully saturated rings. The maximum absolute atomic E-state index is 9.72. The number of hydrogen-bond acceptors (Lipinski definition) is 3. The summed E-state index contributed by atoms with van der Waals surface area (Å²) in [5.74, 6) is 0. The van der Waals surface area contributed by atoms with Gasteiger partial charge >= 0.3 is 0 Å². The Labute approximate surface area is 324 Å². The summed E-state index contributed by atoms with van der Waals surface area (Å²) in [4.78, 5) is 4.41. The Hall–Kier alpha value is -7.54. The minimum atomic E-state index is 0.544. The summed E-state index contributed by atoms with van der Waals surface area (Å²) >= 11 is 0. The third kappa shape index (κ3) is 5.23. The van der Waals surface area contributed by atoms with Gasteiger partial charge in [0.1, 0.15) is 11.7 Å². The Morgan fingerprint density at radius 1 is 0.482 bits per heavy atom. The highest BCUT2D eigenvalue weighted by molar-refractivity contribution is 6.24. The van der Waals surface area contributed by atoms with Crippen molar-refractivity contribution in [1.82, 2.24) is 0 Å². The molecule has 0 saturated heterocycles. The summed E-state index contributed by atoms with van der Waals surface area (Å²) in [6.07, 6.45) is 4.11. The van der Waals surface area contributed by atoms with Crippen molar-refractivity contribution in [3.05, 3.63) is 181 Å². The lowest BCUT2D eigenvalue weighted by molar-refractivity contribution is 0.668. The fraction of sp³-hybridized carbons (Fsp3) is 0.0189. The van der Waals surface area contributed by atoms with Gasteiger partial charge in [0, 0.05) is 27.5 Å². The van der Waals surface area contributed by atoms with Crippen molar-refractivity contribution in [3.63, 3.8) is 0 Å². The second-order valence-corrected chi connectivity index (χ2v) is 14.2. The van der Waals surface area contributed by atoms with Crippen molar-refractivity contribution >= 4 is 72.7 Å². The van der Waals surface area contributed by atoms with E-state index in [9.17, 15) is 5.26 Å². The molecule has 0 atom stereocenters. The first-order valence-corrected chi connectivity index (χ1v) is 18.8. The monoisotopic (exact) mass is 714 g/mol. The van der Waals surface area contributed by atoms with Crippen LogP contribution in [0.2, 0.25) is 0 Å². The molecule has 3 nitrogen and oxygen atoms in total. The molecule has 0 amide bonds. The van der Waals surface area contributed by atoms with Crippen molar-refractivity contribution < 1.29 is 4.42 Å². The van der Waals surface area contributed by atoms with E-state index in [4.69, 9.17) is 4.42 Å². The second kappa shape index (κ2) is 13.4. The van der Waals surface area contributed by atoms with Crippen LogP contribution in [0.25, 0.3) is 105 Å². The summed E-state index contributed by atoms with van der Waals surface area (Å²) in [6, 6.07) is 60.4. The van der Waals surface area contributed by atoms with Crippen LogP contribution in [-0.4, -0.2) is 6.72 Å². The number of benzene rings is 9. The number of aliphatic imine (C=N–C) groups is 1. The highest BCUT2D eigenvalue weighted by Gasteiger charge is 2.17. The topological polar surface area (TPSA) is 49.3 Å². The zero-order valence-electron chi connectivity index (χ0n) is 30.8. The summed E-state index contributed by atoms with van der Waals surface area (Å²) in [5, 5.41) is 19.0.